The molecular formula is C33H38N2O12S. The zero-order chi connectivity index (χ0) is 34.6. The van der Waals surface area contributed by atoms with Crippen LogP contribution in [0.25, 0.3) is 0 Å². The molecule has 1 atom stereocenters. The van der Waals surface area contributed by atoms with Gasteiger partial charge in [0.25, 0.3) is 5.91 Å². The van der Waals surface area contributed by atoms with Gasteiger partial charge in [0, 0.05) is 50.4 Å². The van der Waals surface area contributed by atoms with Gasteiger partial charge >= 0.3 is 10.1 Å². The lowest BCUT2D eigenvalue weighted by atomic mass is 9.95. The average molecular weight is 687 g/mol. The minimum atomic E-state index is -3.86. The standard InChI is InChI=1S/C33H38N2O12S/c1-41-25-8-6-20(14-28(25)47-48(5,39)40)27-17-24(37)31-23(36)15-22(16-29(31)46-27)45-19-30(38)35-12-10-34(11-13-35)18-21-7-9-26(42-2)33(44-4)32(21)43-3/h6-9,14-16,27,36H,10-13,17-19H2,1-5H3. The van der Waals surface area contributed by atoms with Crippen molar-refractivity contribution in [1.82, 2.24) is 9.80 Å². The van der Waals surface area contributed by atoms with Gasteiger partial charge in [0.2, 0.25) is 5.75 Å². The number of piperazine rings is 1. The van der Waals surface area contributed by atoms with Gasteiger partial charge in [0.05, 0.1) is 41.1 Å². The molecule has 15 heteroatoms. The van der Waals surface area contributed by atoms with Gasteiger partial charge in [-0.25, -0.2) is 0 Å². The third-order valence-electron chi connectivity index (χ3n) is 8.04. The number of Topliss-reactive ketones (excluding diaryl/α,β-unsaturated/α-hetero) is 1. The average Bonchev–Trinajstić information content (AvgIpc) is 3.06. The summed E-state index contributed by atoms with van der Waals surface area (Å²) in [5.74, 6) is 1.08. The van der Waals surface area contributed by atoms with E-state index in [9.17, 15) is 23.1 Å². The molecule has 1 unspecified atom stereocenters. The predicted molar refractivity (Wildman–Crippen MR) is 172 cm³/mol. The summed E-state index contributed by atoms with van der Waals surface area (Å²) in [6.07, 6.45) is -0.0246. The topological polar surface area (TPSA) is 160 Å². The highest BCUT2D eigenvalue weighted by Crippen LogP contribution is 2.43. The van der Waals surface area contributed by atoms with Crippen LogP contribution in [0.1, 0.15) is 34.0 Å². The molecule has 14 nitrogen and oxygen atoms in total. The first-order chi connectivity index (χ1) is 22.9. The Morgan fingerprint density at radius 1 is 0.896 bits per heavy atom. The molecule has 1 amide bonds. The van der Waals surface area contributed by atoms with Crippen LogP contribution in [0.3, 0.4) is 0 Å². The van der Waals surface area contributed by atoms with Gasteiger partial charge in [0.15, 0.2) is 35.4 Å². The molecular weight excluding hydrogens is 648 g/mol. The normalized spacial score (nSPS) is 16.4. The minimum Gasteiger partial charge on any atom is -0.507 e. The van der Waals surface area contributed by atoms with Gasteiger partial charge in [-0.05, 0) is 23.8 Å². The maximum Gasteiger partial charge on any atom is 0.306 e. The summed E-state index contributed by atoms with van der Waals surface area (Å²) in [7, 11) is 2.22. The Hall–Kier alpha value is -4.89. The zero-order valence-corrected chi connectivity index (χ0v) is 28.1. The molecule has 3 aromatic rings. The Bertz CT molecular complexity index is 1790. The number of methoxy groups -OCH3 is 4. The molecule has 1 fully saturated rings. The van der Waals surface area contributed by atoms with E-state index in [2.05, 4.69) is 4.90 Å². The van der Waals surface area contributed by atoms with Crippen LogP contribution in [0.15, 0.2) is 42.5 Å². The lowest BCUT2D eigenvalue weighted by Crippen LogP contribution is -2.49. The molecule has 2 aliphatic rings. The fourth-order valence-corrected chi connectivity index (χ4v) is 6.18. The highest BCUT2D eigenvalue weighted by Gasteiger charge is 2.32. The molecule has 48 heavy (non-hydrogen) atoms. The largest absolute Gasteiger partial charge is 0.507 e. The van der Waals surface area contributed by atoms with E-state index < -0.39 is 16.2 Å². The Labute approximate surface area is 278 Å². The second kappa shape index (κ2) is 14.5. The third kappa shape index (κ3) is 7.63. The number of fused-ring (bicyclic) bond motifs is 1. The molecule has 3 aromatic carbocycles. The van der Waals surface area contributed by atoms with E-state index in [4.69, 9.17) is 32.6 Å². The van der Waals surface area contributed by atoms with Crippen LogP contribution in [-0.4, -0.2) is 102 Å². The minimum absolute atomic E-state index is 0.00622. The van der Waals surface area contributed by atoms with Gasteiger partial charge in [0.1, 0.15) is 28.9 Å². The summed E-state index contributed by atoms with van der Waals surface area (Å²) in [6.45, 7) is 2.53. The number of amides is 1. The van der Waals surface area contributed by atoms with Crippen LogP contribution in [-0.2, 0) is 21.5 Å². The number of carbonyl (C=O) groups is 2. The van der Waals surface area contributed by atoms with Gasteiger partial charge in [-0.1, -0.05) is 12.1 Å². The Morgan fingerprint density at radius 2 is 1.58 bits per heavy atom. The van der Waals surface area contributed by atoms with Crippen molar-refractivity contribution in [2.45, 2.75) is 19.1 Å². The van der Waals surface area contributed by atoms with E-state index >= 15 is 0 Å². The molecule has 0 aromatic heterocycles. The second-order valence-electron chi connectivity index (χ2n) is 11.2. The van der Waals surface area contributed by atoms with Crippen LogP contribution in [0.4, 0.5) is 0 Å². The van der Waals surface area contributed by atoms with Crippen LogP contribution in [0.2, 0.25) is 0 Å². The van der Waals surface area contributed by atoms with Crippen molar-refractivity contribution in [2.75, 3.05) is 67.5 Å². The van der Waals surface area contributed by atoms with E-state index in [0.717, 1.165) is 11.8 Å². The van der Waals surface area contributed by atoms with Crippen molar-refractivity contribution >= 4 is 21.8 Å². The molecule has 2 heterocycles. The molecule has 1 saturated heterocycles. The number of rotatable bonds is 12. The van der Waals surface area contributed by atoms with E-state index in [1.807, 2.05) is 12.1 Å². The van der Waals surface area contributed by atoms with Crippen molar-refractivity contribution in [3.05, 3.63) is 59.2 Å². The van der Waals surface area contributed by atoms with E-state index in [1.54, 1.807) is 32.3 Å². The molecule has 0 radical (unpaired) electrons. The number of ether oxygens (including phenoxy) is 6. The van der Waals surface area contributed by atoms with Gasteiger partial charge < -0.3 is 42.6 Å². The molecule has 0 aliphatic carbocycles. The number of phenolic OH excluding ortho intramolecular Hbond substituents is 1. The Morgan fingerprint density at radius 3 is 2.23 bits per heavy atom. The van der Waals surface area contributed by atoms with Gasteiger partial charge in [-0.2, -0.15) is 8.42 Å². The molecule has 258 valence electrons. The first-order valence-corrected chi connectivity index (χ1v) is 16.8. The molecule has 1 N–H and O–H groups in total. The summed E-state index contributed by atoms with van der Waals surface area (Å²) < 4.78 is 62.0. The number of ketones is 1. The highest BCUT2D eigenvalue weighted by atomic mass is 32.2. The smallest absolute Gasteiger partial charge is 0.306 e. The number of hydrogen-bond acceptors (Lipinski definition) is 13. The van der Waals surface area contributed by atoms with Crippen LogP contribution < -0.4 is 32.6 Å². The summed E-state index contributed by atoms with van der Waals surface area (Å²) in [6, 6.07) is 11.0. The van der Waals surface area contributed by atoms with E-state index in [-0.39, 0.29) is 59.0 Å². The summed E-state index contributed by atoms with van der Waals surface area (Å²) in [4.78, 5) is 30.0. The van der Waals surface area contributed by atoms with Crippen LogP contribution in [0, 0.1) is 0 Å². The third-order valence-corrected chi connectivity index (χ3v) is 8.52. The number of carbonyl (C=O) groups excluding carboxylic acids is 2. The lowest BCUT2D eigenvalue weighted by molar-refractivity contribution is -0.135. The fraction of sp³-hybridized carbons (Fsp3) is 0.394. The Balaban J connectivity index is 1.21. The first kappa shape index (κ1) is 34.4. The lowest BCUT2D eigenvalue weighted by Gasteiger charge is -2.35. The highest BCUT2D eigenvalue weighted by molar-refractivity contribution is 7.86. The van der Waals surface area contributed by atoms with Crippen LogP contribution in [0.5, 0.6) is 46.0 Å². The van der Waals surface area contributed by atoms with Crippen molar-refractivity contribution in [1.29, 1.82) is 0 Å². The van der Waals surface area contributed by atoms with Crippen LogP contribution >= 0.6 is 0 Å². The molecule has 0 bridgehead atoms. The van der Waals surface area contributed by atoms with Crippen molar-refractivity contribution in [2.24, 2.45) is 0 Å². The number of nitrogens with zero attached hydrogens (tertiary/aromatic N) is 2. The Kier molecular flexibility index (Phi) is 10.4. The number of benzene rings is 3. The fourth-order valence-electron chi connectivity index (χ4n) is 5.73. The summed E-state index contributed by atoms with van der Waals surface area (Å²) in [5, 5.41) is 10.7. The maximum absolute atomic E-state index is 13.1. The summed E-state index contributed by atoms with van der Waals surface area (Å²) >= 11 is 0. The van der Waals surface area contributed by atoms with Gasteiger partial charge in [-0.15, -0.1) is 0 Å². The van der Waals surface area contributed by atoms with E-state index in [1.165, 1.54) is 31.4 Å². The molecule has 0 spiro atoms. The number of hydrogen-bond donors (Lipinski definition) is 1. The predicted octanol–water partition coefficient (Wildman–Crippen LogP) is 3.19. The summed E-state index contributed by atoms with van der Waals surface area (Å²) in [5.41, 5.74) is 1.38. The number of phenols is 1. The number of aromatic hydroxyl groups is 1. The molecule has 2 aliphatic heterocycles. The maximum atomic E-state index is 13.1. The van der Waals surface area contributed by atoms with Crippen molar-refractivity contribution in [3.63, 3.8) is 0 Å². The quantitative estimate of drug-likeness (QED) is 0.277. The zero-order valence-electron chi connectivity index (χ0n) is 27.3. The molecule has 5 rings (SSSR count). The molecule has 0 saturated carbocycles. The van der Waals surface area contributed by atoms with Gasteiger partial charge in [-0.3, -0.25) is 14.5 Å². The SMILES string of the molecule is COc1ccc(C2CC(=O)c3c(O)cc(OCC(=O)N4CCN(Cc5ccc(OC)c(OC)c5OC)CC4)cc3O2)cc1OS(C)(=O)=O. The first-order valence-electron chi connectivity index (χ1n) is 15.0. The van der Waals surface area contributed by atoms with E-state index in [0.29, 0.717) is 55.5 Å². The van der Waals surface area contributed by atoms with Crippen molar-refractivity contribution in [3.8, 4) is 46.0 Å². The van der Waals surface area contributed by atoms with Crippen molar-refractivity contribution < 1.29 is 55.7 Å². The monoisotopic (exact) mass is 686 g/mol. The second-order valence-corrected chi connectivity index (χ2v) is 12.8.